The number of nitrogens with zero attached hydrogens (tertiary/aromatic N) is 2. The molecular formula is C12H20N4O2. The van der Waals surface area contributed by atoms with E-state index >= 15 is 0 Å². The fourth-order valence-corrected chi connectivity index (χ4v) is 1.34. The zero-order valence-corrected chi connectivity index (χ0v) is 10.8. The molecule has 0 aliphatic rings. The fourth-order valence-electron chi connectivity index (χ4n) is 1.34. The number of carboxylic acid groups (broad SMARTS) is 1. The maximum atomic E-state index is 10.4. The molecule has 0 aliphatic heterocycles. The van der Waals surface area contributed by atoms with E-state index in [0.717, 1.165) is 18.8 Å². The van der Waals surface area contributed by atoms with Crippen LogP contribution in [-0.2, 0) is 4.79 Å². The van der Waals surface area contributed by atoms with E-state index in [0.29, 0.717) is 18.3 Å². The summed E-state index contributed by atoms with van der Waals surface area (Å²) in [7, 11) is 0. The third kappa shape index (κ3) is 6.03. The van der Waals surface area contributed by atoms with Gasteiger partial charge in [-0.05, 0) is 12.3 Å². The van der Waals surface area contributed by atoms with Crippen LogP contribution >= 0.6 is 0 Å². The monoisotopic (exact) mass is 252 g/mol. The lowest BCUT2D eigenvalue weighted by atomic mass is 10.1. The number of anilines is 2. The molecule has 100 valence electrons. The highest BCUT2D eigenvalue weighted by Crippen LogP contribution is 2.09. The molecule has 1 aromatic rings. The second-order valence-electron chi connectivity index (χ2n) is 4.47. The van der Waals surface area contributed by atoms with Crippen molar-refractivity contribution in [3.05, 3.63) is 12.4 Å². The zero-order chi connectivity index (χ0) is 13.4. The van der Waals surface area contributed by atoms with Gasteiger partial charge in [-0.25, -0.2) is 9.97 Å². The Morgan fingerprint density at radius 2 is 1.89 bits per heavy atom. The second-order valence-corrected chi connectivity index (χ2v) is 4.47. The molecule has 0 spiro atoms. The smallest absolute Gasteiger partial charge is 0.305 e. The molecule has 0 aliphatic carbocycles. The molecule has 0 fully saturated rings. The first kappa shape index (κ1) is 14.2. The van der Waals surface area contributed by atoms with Crippen LogP contribution in [0.2, 0.25) is 0 Å². The van der Waals surface area contributed by atoms with Gasteiger partial charge in [0.2, 0.25) is 0 Å². The Balaban J connectivity index is 2.39. The van der Waals surface area contributed by atoms with Crippen molar-refractivity contribution >= 4 is 17.6 Å². The summed E-state index contributed by atoms with van der Waals surface area (Å²) in [6.07, 6.45) is 2.60. The van der Waals surface area contributed by atoms with Gasteiger partial charge in [0.1, 0.15) is 18.0 Å². The molecule has 6 nitrogen and oxygen atoms in total. The predicted molar refractivity (Wildman–Crippen MR) is 70.7 cm³/mol. The minimum atomic E-state index is -0.827. The van der Waals surface area contributed by atoms with Crippen molar-refractivity contribution < 1.29 is 9.90 Å². The summed E-state index contributed by atoms with van der Waals surface area (Å²) in [4.78, 5) is 18.5. The molecular weight excluding hydrogens is 232 g/mol. The molecule has 1 heterocycles. The van der Waals surface area contributed by atoms with E-state index in [4.69, 9.17) is 5.11 Å². The molecule has 0 bridgehead atoms. The number of aliphatic carboxylic acids is 1. The Labute approximate surface area is 107 Å². The highest BCUT2D eigenvalue weighted by Gasteiger charge is 2.00. The van der Waals surface area contributed by atoms with E-state index in [-0.39, 0.29) is 6.42 Å². The van der Waals surface area contributed by atoms with Gasteiger partial charge in [-0.3, -0.25) is 4.79 Å². The minimum absolute atomic E-state index is 0.0696. The van der Waals surface area contributed by atoms with E-state index in [1.807, 2.05) is 0 Å². The Morgan fingerprint density at radius 3 is 2.44 bits per heavy atom. The first-order chi connectivity index (χ1) is 8.58. The Hall–Kier alpha value is -1.85. The number of rotatable bonds is 8. The normalized spacial score (nSPS) is 10.4. The third-order valence-electron chi connectivity index (χ3n) is 2.34. The summed E-state index contributed by atoms with van der Waals surface area (Å²) in [5.74, 6) is 1.21. The zero-order valence-electron chi connectivity index (χ0n) is 10.8. The number of carboxylic acids is 1. The third-order valence-corrected chi connectivity index (χ3v) is 2.34. The molecule has 0 saturated heterocycles. The summed E-state index contributed by atoms with van der Waals surface area (Å²) in [5.41, 5.74) is 0. The van der Waals surface area contributed by atoms with Crippen molar-refractivity contribution in [2.75, 3.05) is 23.7 Å². The molecule has 3 N–H and O–H groups in total. The summed E-state index contributed by atoms with van der Waals surface area (Å²) in [5, 5.41) is 14.7. The highest BCUT2D eigenvalue weighted by molar-refractivity contribution is 5.67. The number of carbonyl (C=O) groups is 1. The fraction of sp³-hybridized carbons (Fsp3) is 0.583. The lowest BCUT2D eigenvalue weighted by Gasteiger charge is -2.09. The lowest BCUT2D eigenvalue weighted by Crippen LogP contribution is -2.10. The number of aromatic nitrogens is 2. The van der Waals surface area contributed by atoms with E-state index in [1.165, 1.54) is 6.33 Å². The van der Waals surface area contributed by atoms with E-state index < -0.39 is 5.97 Å². The summed E-state index contributed by atoms with van der Waals surface area (Å²) < 4.78 is 0. The van der Waals surface area contributed by atoms with Crippen molar-refractivity contribution in [1.29, 1.82) is 0 Å². The number of nitrogens with one attached hydrogen (secondary N) is 2. The summed E-state index contributed by atoms with van der Waals surface area (Å²) in [6.45, 7) is 5.56. The quantitative estimate of drug-likeness (QED) is 0.654. The van der Waals surface area contributed by atoms with Gasteiger partial charge < -0.3 is 15.7 Å². The van der Waals surface area contributed by atoms with Gasteiger partial charge >= 0.3 is 5.97 Å². The summed E-state index contributed by atoms with van der Waals surface area (Å²) >= 11 is 0. The van der Waals surface area contributed by atoms with Gasteiger partial charge in [-0.15, -0.1) is 0 Å². The average molecular weight is 252 g/mol. The molecule has 0 aromatic carbocycles. The highest BCUT2D eigenvalue weighted by atomic mass is 16.4. The average Bonchev–Trinajstić information content (AvgIpc) is 2.28. The molecule has 0 amide bonds. The molecule has 6 heteroatoms. The molecule has 0 atom stereocenters. The van der Waals surface area contributed by atoms with Crippen molar-refractivity contribution in [3.63, 3.8) is 0 Å². The van der Waals surface area contributed by atoms with Crippen molar-refractivity contribution in [2.45, 2.75) is 26.7 Å². The maximum absolute atomic E-state index is 10.4. The van der Waals surface area contributed by atoms with Crippen molar-refractivity contribution in [1.82, 2.24) is 9.97 Å². The molecule has 0 radical (unpaired) electrons. The number of hydrogen-bond acceptors (Lipinski definition) is 5. The van der Waals surface area contributed by atoms with E-state index in [9.17, 15) is 4.79 Å². The lowest BCUT2D eigenvalue weighted by molar-refractivity contribution is -0.136. The topological polar surface area (TPSA) is 87.1 Å². The van der Waals surface area contributed by atoms with Gasteiger partial charge in [0.25, 0.3) is 0 Å². The first-order valence-corrected chi connectivity index (χ1v) is 6.09. The van der Waals surface area contributed by atoms with E-state index in [2.05, 4.69) is 34.4 Å². The van der Waals surface area contributed by atoms with Crippen LogP contribution in [0.1, 0.15) is 26.7 Å². The molecule has 18 heavy (non-hydrogen) atoms. The van der Waals surface area contributed by atoms with Crippen LogP contribution < -0.4 is 10.6 Å². The van der Waals surface area contributed by atoms with Crippen LogP contribution in [0.3, 0.4) is 0 Å². The van der Waals surface area contributed by atoms with Gasteiger partial charge in [0, 0.05) is 19.2 Å². The van der Waals surface area contributed by atoms with Gasteiger partial charge in [0.15, 0.2) is 0 Å². The minimum Gasteiger partial charge on any atom is -0.481 e. The SMILES string of the molecule is CC(C)CCNc1cc(NCCC(=O)O)ncn1. The van der Waals surface area contributed by atoms with Crippen LogP contribution in [0.15, 0.2) is 12.4 Å². The Bertz CT molecular complexity index is 382. The number of hydrogen-bond donors (Lipinski definition) is 3. The van der Waals surface area contributed by atoms with Crippen molar-refractivity contribution in [2.24, 2.45) is 5.92 Å². The van der Waals surface area contributed by atoms with Gasteiger partial charge in [-0.2, -0.15) is 0 Å². The van der Waals surface area contributed by atoms with Crippen LogP contribution in [0.25, 0.3) is 0 Å². The predicted octanol–water partition coefficient (Wildman–Crippen LogP) is 1.82. The van der Waals surface area contributed by atoms with Crippen molar-refractivity contribution in [3.8, 4) is 0 Å². The van der Waals surface area contributed by atoms with Crippen LogP contribution in [0.5, 0.6) is 0 Å². The summed E-state index contributed by atoms with van der Waals surface area (Å²) in [6, 6.07) is 1.78. The van der Waals surface area contributed by atoms with Gasteiger partial charge in [0.05, 0.1) is 6.42 Å². The van der Waals surface area contributed by atoms with Gasteiger partial charge in [-0.1, -0.05) is 13.8 Å². The van der Waals surface area contributed by atoms with Crippen LogP contribution in [-0.4, -0.2) is 34.1 Å². The first-order valence-electron chi connectivity index (χ1n) is 6.09. The molecule has 1 rings (SSSR count). The maximum Gasteiger partial charge on any atom is 0.305 e. The van der Waals surface area contributed by atoms with Crippen LogP contribution in [0.4, 0.5) is 11.6 Å². The van der Waals surface area contributed by atoms with E-state index in [1.54, 1.807) is 6.07 Å². The van der Waals surface area contributed by atoms with Crippen LogP contribution in [0, 0.1) is 5.92 Å². The Morgan fingerprint density at radius 1 is 1.28 bits per heavy atom. The standard InChI is InChI=1S/C12H20N4O2/c1-9(2)3-5-13-10-7-11(16-8-15-10)14-6-4-12(17)18/h7-9H,3-6H2,1-2H3,(H,17,18)(H2,13,14,15,16). The molecule has 1 aromatic heterocycles. The molecule has 0 unspecified atom stereocenters. The molecule has 0 saturated carbocycles. The Kier molecular flexibility index (Phi) is 5.90. The second kappa shape index (κ2) is 7.47. The largest absolute Gasteiger partial charge is 0.481 e.